The lowest BCUT2D eigenvalue weighted by Crippen LogP contribution is -2.26. The Labute approximate surface area is 123 Å². The van der Waals surface area contributed by atoms with Crippen LogP contribution in [0.25, 0.3) is 0 Å². The third-order valence-electron chi connectivity index (χ3n) is 3.90. The topological polar surface area (TPSA) is 21.3 Å². The fraction of sp³-hybridized carbons (Fsp3) is 0.667. The zero-order valence-corrected chi connectivity index (χ0v) is 13.4. The maximum atomic E-state index is 5.76. The number of benzene rings is 1. The van der Waals surface area contributed by atoms with E-state index in [9.17, 15) is 0 Å². The first kappa shape index (κ1) is 15.4. The molecule has 2 heteroatoms. The average molecular weight is 275 g/mol. The Balaban J connectivity index is 1.93. The number of hydrogen-bond acceptors (Lipinski definition) is 2. The summed E-state index contributed by atoms with van der Waals surface area (Å²) in [6.07, 6.45) is 2.71. The van der Waals surface area contributed by atoms with Crippen molar-refractivity contribution in [3.05, 3.63) is 29.8 Å². The van der Waals surface area contributed by atoms with Gasteiger partial charge in [0.1, 0.15) is 5.75 Å². The van der Waals surface area contributed by atoms with Crippen molar-refractivity contribution in [3.8, 4) is 5.75 Å². The molecule has 0 bridgehead atoms. The van der Waals surface area contributed by atoms with Crippen LogP contribution in [0.15, 0.2) is 24.3 Å². The molecule has 1 N–H and O–H groups in total. The van der Waals surface area contributed by atoms with Crippen LogP contribution < -0.4 is 10.1 Å². The molecule has 0 heterocycles. The standard InChI is InChI=1S/C18H29NO/c1-13(2)12-20-17-9-5-15(6-10-17)18(14(3)4)11-19-16-7-8-16/h5-6,9-10,13-14,16,18-19H,7-8,11-12H2,1-4H3. The summed E-state index contributed by atoms with van der Waals surface area (Å²) in [6.45, 7) is 10.8. The van der Waals surface area contributed by atoms with Crippen molar-refractivity contribution in [2.24, 2.45) is 11.8 Å². The van der Waals surface area contributed by atoms with Crippen molar-refractivity contribution in [3.63, 3.8) is 0 Å². The summed E-state index contributed by atoms with van der Waals surface area (Å²) in [5, 5.41) is 3.66. The van der Waals surface area contributed by atoms with Crippen LogP contribution in [0.2, 0.25) is 0 Å². The molecule has 0 saturated heterocycles. The van der Waals surface area contributed by atoms with Crippen LogP contribution in [0.3, 0.4) is 0 Å². The highest BCUT2D eigenvalue weighted by Gasteiger charge is 2.23. The SMILES string of the molecule is CC(C)COc1ccc(C(CNC2CC2)C(C)C)cc1. The van der Waals surface area contributed by atoms with E-state index in [-0.39, 0.29) is 0 Å². The molecule has 0 aromatic heterocycles. The molecule has 1 atom stereocenters. The van der Waals surface area contributed by atoms with E-state index in [0.29, 0.717) is 17.8 Å². The van der Waals surface area contributed by atoms with E-state index in [0.717, 1.165) is 24.9 Å². The second-order valence-corrected chi connectivity index (χ2v) is 6.81. The van der Waals surface area contributed by atoms with Gasteiger partial charge in [0.25, 0.3) is 0 Å². The van der Waals surface area contributed by atoms with Crippen LogP contribution in [-0.2, 0) is 0 Å². The third kappa shape index (κ3) is 4.82. The fourth-order valence-electron chi connectivity index (χ4n) is 2.39. The van der Waals surface area contributed by atoms with Crippen molar-refractivity contribution >= 4 is 0 Å². The van der Waals surface area contributed by atoms with Gasteiger partial charge in [-0.15, -0.1) is 0 Å². The molecule has 0 radical (unpaired) electrons. The first-order chi connectivity index (χ1) is 9.56. The van der Waals surface area contributed by atoms with E-state index < -0.39 is 0 Å². The van der Waals surface area contributed by atoms with Gasteiger partial charge >= 0.3 is 0 Å². The van der Waals surface area contributed by atoms with E-state index in [1.165, 1.54) is 18.4 Å². The van der Waals surface area contributed by atoms with E-state index in [4.69, 9.17) is 4.74 Å². The normalized spacial score (nSPS) is 16.7. The smallest absolute Gasteiger partial charge is 0.119 e. The monoisotopic (exact) mass is 275 g/mol. The highest BCUT2D eigenvalue weighted by molar-refractivity contribution is 5.30. The Bertz CT molecular complexity index is 392. The summed E-state index contributed by atoms with van der Waals surface area (Å²) in [6, 6.07) is 9.48. The highest BCUT2D eigenvalue weighted by Crippen LogP contribution is 2.27. The van der Waals surface area contributed by atoms with Crippen molar-refractivity contribution < 1.29 is 4.74 Å². The van der Waals surface area contributed by atoms with Gasteiger partial charge in [-0.05, 0) is 48.3 Å². The molecule has 0 spiro atoms. The molecule has 112 valence electrons. The molecule has 1 aromatic rings. The van der Waals surface area contributed by atoms with E-state index in [2.05, 4.69) is 57.3 Å². The molecule has 20 heavy (non-hydrogen) atoms. The van der Waals surface area contributed by atoms with E-state index in [1.54, 1.807) is 0 Å². The van der Waals surface area contributed by atoms with Gasteiger partial charge in [0.05, 0.1) is 6.61 Å². The Morgan fingerprint density at radius 2 is 1.75 bits per heavy atom. The quantitative estimate of drug-likeness (QED) is 0.767. The molecule has 1 saturated carbocycles. The van der Waals surface area contributed by atoms with Crippen LogP contribution in [0, 0.1) is 11.8 Å². The van der Waals surface area contributed by atoms with Crippen LogP contribution in [0.5, 0.6) is 5.75 Å². The van der Waals surface area contributed by atoms with Gasteiger partial charge in [0.15, 0.2) is 0 Å². The first-order valence-electron chi connectivity index (χ1n) is 8.02. The number of hydrogen-bond donors (Lipinski definition) is 1. The lowest BCUT2D eigenvalue weighted by molar-refractivity contribution is 0.271. The summed E-state index contributed by atoms with van der Waals surface area (Å²) >= 11 is 0. The second kappa shape index (κ2) is 7.12. The molecule has 1 aromatic carbocycles. The van der Waals surface area contributed by atoms with Gasteiger partial charge in [0, 0.05) is 12.6 Å². The fourth-order valence-corrected chi connectivity index (χ4v) is 2.39. The van der Waals surface area contributed by atoms with Crippen LogP contribution in [0.1, 0.15) is 52.0 Å². The van der Waals surface area contributed by atoms with Crippen molar-refractivity contribution in [1.82, 2.24) is 5.32 Å². The summed E-state index contributed by atoms with van der Waals surface area (Å²) in [5.74, 6) is 2.80. The van der Waals surface area contributed by atoms with Crippen LogP contribution >= 0.6 is 0 Å². The van der Waals surface area contributed by atoms with Gasteiger partial charge in [-0.25, -0.2) is 0 Å². The molecule has 0 aliphatic heterocycles. The van der Waals surface area contributed by atoms with Crippen molar-refractivity contribution in [1.29, 1.82) is 0 Å². The Hall–Kier alpha value is -1.02. The zero-order chi connectivity index (χ0) is 14.5. The zero-order valence-electron chi connectivity index (χ0n) is 13.4. The Morgan fingerprint density at radius 3 is 2.25 bits per heavy atom. The minimum absolute atomic E-state index is 0.570. The minimum Gasteiger partial charge on any atom is -0.493 e. The largest absolute Gasteiger partial charge is 0.493 e. The van der Waals surface area contributed by atoms with Gasteiger partial charge in [-0.3, -0.25) is 0 Å². The van der Waals surface area contributed by atoms with E-state index in [1.807, 2.05) is 0 Å². The van der Waals surface area contributed by atoms with Crippen LogP contribution in [-0.4, -0.2) is 19.2 Å². The number of nitrogens with one attached hydrogen (secondary N) is 1. The molecular formula is C18H29NO. The predicted molar refractivity (Wildman–Crippen MR) is 85.4 cm³/mol. The average Bonchev–Trinajstić information content (AvgIpc) is 3.21. The Kier molecular flexibility index (Phi) is 5.47. The molecule has 1 unspecified atom stereocenters. The molecular weight excluding hydrogens is 246 g/mol. The summed E-state index contributed by atoms with van der Waals surface area (Å²) in [5.41, 5.74) is 1.42. The summed E-state index contributed by atoms with van der Waals surface area (Å²) in [7, 11) is 0. The van der Waals surface area contributed by atoms with Gasteiger partial charge in [-0.1, -0.05) is 39.8 Å². The minimum atomic E-state index is 0.570. The predicted octanol–water partition coefficient (Wildman–Crippen LogP) is 4.21. The summed E-state index contributed by atoms with van der Waals surface area (Å²) < 4.78 is 5.76. The second-order valence-electron chi connectivity index (χ2n) is 6.81. The Morgan fingerprint density at radius 1 is 1.10 bits per heavy atom. The highest BCUT2D eigenvalue weighted by atomic mass is 16.5. The van der Waals surface area contributed by atoms with Crippen molar-refractivity contribution in [2.75, 3.05) is 13.2 Å². The molecule has 0 amide bonds. The molecule has 2 rings (SSSR count). The lowest BCUT2D eigenvalue weighted by atomic mass is 9.88. The molecule has 1 fully saturated rings. The third-order valence-corrected chi connectivity index (χ3v) is 3.90. The van der Waals surface area contributed by atoms with Crippen molar-refractivity contribution in [2.45, 2.75) is 52.5 Å². The van der Waals surface area contributed by atoms with Crippen LogP contribution in [0.4, 0.5) is 0 Å². The molecule has 1 aliphatic rings. The maximum absolute atomic E-state index is 5.76. The molecule has 2 nitrogen and oxygen atoms in total. The van der Waals surface area contributed by atoms with Gasteiger partial charge in [-0.2, -0.15) is 0 Å². The maximum Gasteiger partial charge on any atom is 0.119 e. The summed E-state index contributed by atoms with van der Waals surface area (Å²) in [4.78, 5) is 0. The van der Waals surface area contributed by atoms with Gasteiger partial charge in [0.2, 0.25) is 0 Å². The molecule has 1 aliphatic carbocycles. The number of ether oxygens (including phenoxy) is 1. The van der Waals surface area contributed by atoms with Gasteiger partial charge < -0.3 is 10.1 Å². The first-order valence-corrected chi connectivity index (χ1v) is 8.02. The van der Waals surface area contributed by atoms with E-state index >= 15 is 0 Å². The lowest BCUT2D eigenvalue weighted by Gasteiger charge is -2.22. The number of rotatable bonds is 8.